The molecule has 3 rings (SSSR count). The summed E-state index contributed by atoms with van der Waals surface area (Å²) in [4.78, 5) is 13.3. The molecule has 3 N–H and O–H groups in total. The van der Waals surface area contributed by atoms with Crippen LogP contribution in [0.5, 0.6) is 0 Å². The predicted molar refractivity (Wildman–Crippen MR) is 102 cm³/mol. The van der Waals surface area contributed by atoms with Crippen molar-refractivity contribution < 1.29 is 13.2 Å². The first-order valence-corrected chi connectivity index (χ1v) is 10.1. The summed E-state index contributed by atoms with van der Waals surface area (Å²) in [5, 5.41) is 2.42. The Morgan fingerprint density at radius 2 is 1.92 bits per heavy atom. The molecule has 6 nitrogen and oxygen atoms in total. The number of primary amides is 1. The number of carbonyl (C=O) groups is 1. The molecule has 0 fully saturated rings. The maximum atomic E-state index is 12.7. The lowest BCUT2D eigenvalue weighted by molar-refractivity contribution is 0.259. The lowest BCUT2D eigenvalue weighted by Crippen LogP contribution is -2.29. The largest absolute Gasteiger partial charge is 0.351 e. The number of nitrogens with two attached hydrogens (primary N) is 1. The molecule has 138 valence electrons. The van der Waals surface area contributed by atoms with Crippen LogP contribution in [0.1, 0.15) is 29.5 Å². The van der Waals surface area contributed by atoms with Crippen LogP contribution < -0.4 is 11.1 Å². The molecule has 26 heavy (non-hydrogen) atoms. The van der Waals surface area contributed by atoms with Gasteiger partial charge in [-0.2, -0.15) is 0 Å². The second kappa shape index (κ2) is 7.09. The van der Waals surface area contributed by atoms with Crippen molar-refractivity contribution >= 4 is 21.6 Å². The number of urea groups is 1. The molecule has 0 bridgehead atoms. The number of fused-ring (bicyclic) bond motifs is 1. The van der Waals surface area contributed by atoms with E-state index in [1.54, 1.807) is 0 Å². The van der Waals surface area contributed by atoms with Gasteiger partial charge in [0.05, 0.1) is 10.6 Å². The highest BCUT2D eigenvalue weighted by Crippen LogP contribution is 2.29. The number of nitrogens with one attached hydrogen (secondary N) is 1. The molecule has 7 heteroatoms. The molecule has 2 amide bonds. The standard InChI is InChI=1S/C19H23N3O3S/c1-13-10-22(2)11-15-4-3-14(9-18(13)15)12-26(24,25)17-7-5-16(6-8-17)21-19(20)23/h3-9,13H,10-12H2,1-2H3,(H3,20,21,23). The smallest absolute Gasteiger partial charge is 0.316 e. The van der Waals surface area contributed by atoms with E-state index in [1.807, 2.05) is 18.2 Å². The molecule has 1 unspecified atom stereocenters. The van der Waals surface area contributed by atoms with Gasteiger partial charge in [0, 0.05) is 18.8 Å². The zero-order chi connectivity index (χ0) is 18.9. The highest BCUT2D eigenvalue weighted by Gasteiger charge is 2.22. The van der Waals surface area contributed by atoms with Gasteiger partial charge >= 0.3 is 6.03 Å². The van der Waals surface area contributed by atoms with E-state index in [2.05, 4.69) is 24.2 Å². The van der Waals surface area contributed by atoms with Crippen LogP contribution in [-0.4, -0.2) is 32.9 Å². The summed E-state index contributed by atoms with van der Waals surface area (Å²) in [5.41, 5.74) is 8.80. The topological polar surface area (TPSA) is 92.5 Å². The van der Waals surface area contributed by atoms with Gasteiger partial charge in [-0.3, -0.25) is 0 Å². The number of anilines is 1. The molecule has 0 aliphatic carbocycles. The molecular weight excluding hydrogens is 350 g/mol. The third-order valence-corrected chi connectivity index (χ3v) is 6.31. The van der Waals surface area contributed by atoms with Crippen molar-refractivity contribution in [3.63, 3.8) is 0 Å². The van der Waals surface area contributed by atoms with Crippen LogP contribution in [0.4, 0.5) is 10.5 Å². The lowest BCUT2D eigenvalue weighted by Gasteiger charge is -2.30. The fourth-order valence-corrected chi connectivity index (χ4v) is 4.78. The van der Waals surface area contributed by atoms with Gasteiger partial charge in [0.25, 0.3) is 0 Å². The zero-order valence-corrected chi connectivity index (χ0v) is 15.7. The minimum absolute atomic E-state index is 0.0502. The van der Waals surface area contributed by atoms with E-state index in [0.717, 1.165) is 18.7 Å². The number of nitrogens with zero attached hydrogens (tertiary/aromatic N) is 1. The van der Waals surface area contributed by atoms with Gasteiger partial charge in [0.15, 0.2) is 9.84 Å². The lowest BCUT2D eigenvalue weighted by atomic mass is 9.90. The highest BCUT2D eigenvalue weighted by atomic mass is 32.2. The average molecular weight is 373 g/mol. The Bertz CT molecular complexity index is 924. The molecular formula is C19H23N3O3S. The number of benzene rings is 2. The summed E-state index contributed by atoms with van der Waals surface area (Å²) >= 11 is 0. The Hall–Kier alpha value is -2.38. The molecule has 1 heterocycles. The first kappa shape index (κ1) is 18.4. The summed E-state index contributed by atoms with van der Waals surface area (Å²) in [6.45, 7) is 4.02. The van der Waals surface area contributed by atoms with Gasteiger partial charge in [-0.25, -0.2) is 13.2 Å². The van der Waals surface area contributed by atoms with E-state index in [0.29, 0.717) is 11.6 Å². The molecule has 0 saturated carbocycles. The molecule has 1 aliphatic heterocycles. The van der Waals surface area contributed by atoms with Gasteiger partial charge in [-0.15, -0.1) is 0 Å². The van der Waals surface area contributed by atoms with E-state index in [4.69, 9.17) is 5.73 Å². The van der Waals surface area contributed by atoms with Crippen molar-refractivity contribution in [2.45, 2.75) is 30.0 Å². The van der Waals surface area contributed by atoms with E-state index >= 15 is 0 Å². The van der Waals surface area contributed by atoms with Crippen LogP contribution in [0, 0.1) is 0 Å². The van der Waals surface area contributed by atoms with Crippen LogP contribution in [-0.2, 0) is 22.1 Å². The summed E-state index contributed by atoms with van der Waals surface area (Å²) in [6.07, 6.45) is 0. The molecule has 0 radical (unpaired) electrons. The first-order chi connectivity index (χ1) is 12.2. The summed E-state index contributed by atoms with van der Waals surface area (Å²) in [7, 11) is -1.38. The number of hydrogen-bond acceptors (Lipinski definition) is 4. The van der Waals surface area contributed by atoms with Gasteiger partial charge < -0.3 is 16.0 Å². The van der Waals surface area contributed by atoms with Gasteiger partial charge in [0.2, 0.25) is 0 Å². The van der Waals surface area contributed by atoms with Crippen molar-refractivity contribution in [1.82, 2.24) is 4.90 Å². The fourth-order valence-electron chi connectivity index (χ4n) is 3.45. The van der Waals surface area contributed by atoms with Crippen molar-refractivity contribution in [3.05, 3.63) is 59.2 Å². The number of hydrogen-bond donors (Lipinski definition) is 2. The molecule has 1 atom stereocenters. The summed E-state index contributed by atoms with van der Waals surface area (Å²) in [6, 6.07) is 11.3. The Morgan fingerprint density at radius 1 is 1.23 bits per heavy atom. The van der Waals surface area contributed by atoms with E-state index in [1.165, 1.54) is 35.4 Å². The van der Waals surface area contributed by atoms with Crippen molar-refractivity contribution in [3.8, 4) is 0 Å². The normalized spacial score (nSPS) is 17.5. The van der Waals surface area contributed by atoms with Crippen LogP contribution in [0.15, 0.2) is 47.4 Å². The third-order valence-electron chi connectivity index (χ3n) is 4.60. The summed E-state index contributed by atoms with van der Waals surface area (Å²) in [5.74, 6) is 0.330. The molecule has 0 aromatic heterocycles. The Balaban J connectivity index is 1.81. The Labute approximate surface area is 153 Å². The van der Waals surface area contributed by atoms with Gasteiger partial charge in [-0.05, 0) is 53.9 Å². The van der Waals surface area contributed by atoms with Crippen LogP contribution in [0.2, 0.25) is 0 Å². The first-order valence-electron chi connectivity index (χ1n) is 8.44. The fraction of sp³-hybridized carbons (Fsp3) is 0.316. The van der Waals surface area contributed by atoms with Crippen molar-refractivity contribution in [1.29, 1.82) is 0 Å². The quantitative estimate of drug-likeness (QED) is 0.862. The minimum Gasteiger partial charge on any atom is -0.351 e. The number of sulfone groups is 1. The Kier molecular flexibility index (Phi) is 5.02. The number of carbonyl (C=O) groups excluding carboxylic acids is 1. The van der Waals surface area contributed by atoms with E-state index in [-0.39, 0.29) is 10.6 Å². The van der Waals surface area contributed by atoms with Crippen LogP contribution in [0.25, 0.3) is 0 Å². The average Bonchev–Trinajstić information content (AvgIpc) is 2.55. The monoisotopic (exact) mass is 373 g/mol. The minimum atomic E-state index is -3.47. The van der Waals surface area contributed by atoms with Crippen molar-refractivity contribution in [2.75, 3.05) is 18.9 Å². The van der Waals surface area contributed by atoms with Crippen LogP contribution >= 0.6 is 0 Å². The maximum Gasteiger partial charge on any atom is 0.316 e. The molecule has 2 aromatic rings. The maximum absolute atomic E-state index is 12.7. The second-order valence-corrected chi connectivity index (χ2v) is 8.89. The molecule has 0 spiro atoms. The predicted octanol–water partition coefficient (Wildman–Crippen LogP) is 2.70. The number of rotatable bonds is 4. The zero-order valence-electron chi connectivity index (χ0n) is 14.9. The molecule has 1 aliphatic rings. The molecule has 0 saturated heterocycles. The van der Waals surface area contributed by atoms with E-state index < -0.39 is 15.9 Å². The third kappa shape index (κ3) is 4.05. The molecule has 2 aromatic carbocycles. The Morgan fingerprint density at radius 3 is 2.58 bits per heavy atom. The van der Waals surface area contributed by atoms with Gasteiger partial charge in [0.1, 0.15) is 0 Å². The van der Waals surface area contributed by atoms with Crippen molar-refractivity contribution in [2.24, 2.45) is 5.73 Å². The van der Waals surface area contributed by atoms with Crippen LogP contribution in [0.3, 0.4) is 0 Å². The number of likely N-dealkylation sites (N-methyl/N-ethyl adjacent to an activating group) is 1. The number of amides is 2. The second-order valence-electron chi connectivity index (χ2n) is 6.90. The summed E-state index contributed by atoms with van der Waals surface area (Å²) < 4.78 is 25.4. The SMILES string of the molecule is CC1CN(C)Cc2ccc(CS(=O)(=O)c3ccc(NC(N)=O)cc3)cc21. The van der Waals surface area contributed by atoms with Gasteiger partial charge in [-0.1, -0.05) is 25.1 Å². The highest BCUT2D eigenvalue weighted by molar-refractivity contribution is 7.90. The van der Waals surface area contributed by atoms with E-state index in [9.17, 15) is 13.2 Å².